The topological polar surface area (TPSA) is 61.4 Å². The number of carbonyl (C=O) groups is 2. The van der Waals surface area contributed by atoms with Crippen molar-refractivity contribution in [1.82, 2.24) is 4.90 Å². The predicted molar refractivity (Wildman–Crippen MR) is 143 cm³/mol. The normalized spacial score (nSPS) is 14.4. The van der Waals surface area contributed by atoms with E-state index in [9.17, 15) is 9.59 Å². The van der Waals surface area contributed by atoms with Crippen molar-refractivity contribution in [2.75, 3.05) is 23.7 Å². The van der Waals surface area contributed by atoms with E-state index >= 15 is 0 Å². The van der Waals surface area contributed by atoms with Gasteiger partial charge in [0.15, 0.2) is 0 Å². The van der Waals surface area contributed by atoms with Crippen LogP contribution in [0.5, 0.6) is 0 Å². The van der Waals surface area contributed by atoms with Crippen molar-refractivity contribution in [2.24, 2.45) is 0 Å². The van der Waals surface area contributed by atoms with Crippen LogP contribution in [0.25, 0.3) is 11.1 Å². The minimum Gasteiger partial charge on any atom is -0.382 e. The van der Waals surface area contributed by atoms with Crippen LogP contribution in [0.15, 0.2) is 78.9 Å². The first-order valence-corrected chi connectivity index (χ1v) is 12.4. The van der Waals surface area contributed by atoms with Crippen molar-refractivity contribution in [2.45, 2.75) is 51.5 Å². The minimum atomic E-state index is -0.276. The summed E-state index contributed by atoms with van der Waals surface area (Å²) in [6.07, 6.45) is 1.60. The third kappa shape index (κ3) is 6.50. The van der Waals surface area contributed by atoms with E-state index in [2.05, 4.69) is 55.7 Å². The molecule has 1 heterocycles. The molecular formula is C30H35N3O2. The molecule has 2 amide bonds. The Morgan fingerprint density at radius 2 is 1.43 bits per heavy atom. The quantitative estimate of drug-likeness (QED) is 0.430. The van der Waals surface area contributed by atoms with Gasteiger partial charge in [-0.25, -0.2) is 0 Å². The van der Waals surface area contributed by atoms with Gasteiger partial charge < -0.3 is 15.5 Å². The minimum absolute atomic E-state index is 0.0650. The maximum Gasteiger partial charge on any atom is 0.233 e. The Kier molecular flexibility index (Phi) is 7.54. The van der Waals surface area contributed by atoms with E-state index in [1.165, 1.54) is 11.3 Å². The summed E-state index contributed by atoms with van der Waals surface area (Å²) >= 11 is 0. The van der Waals surface area contributed by atoms with Gasteiger partial charge in [-0.05, 0) is 53.1 Å². The Morgan fingerprint density at radius 1 is 0.829 bits per heavy atom. The molecule has 0 bridgehead atoms. The summed E-state index contributed by atoms with van der Waals surface area (Å²) in [5.74, 6) is -0.390. The SMILES string of the molecule is CC(C)(C)c1ccccc1NC1CCN(C(=O)CC(=O)Nc2ccc(-c3ccccc3)cc2)CC1. The van der Waals surface area contributed by atoms with E-state index in [-0.39, 0.29) is 23.7 Å². The van der Waals surface area contributed by atoms with E-state index in [0.717, 1.165) is 24.0 Å². The molecule has 1 fully saturated rings. The molecule has 35 heavy (non-hydrogen) atoms. The fourth-order valence-corrected chi connectivity index (χ4v) is 4.59. The Hall–Kier alpha value is -3.60. The van der Waals surface area contributed by atoms with Crippen LogP contribution in [0.4, 0.5) is 11.4 Å². The number of hydrogen-bond acceptors (Lipinski definition) is 3. The molecule has 3 aromatic carbocycles. The molecule has 1 aliphatic heterocycles. The molecular weight excluding hydrogens is 434 g/mol. The molecule has 5 nitrogen and oxygen atoms in total. The molecule has 0 aromatic heterocycles. The second kappa shape index (κ2) is 10.8. The first kappa shape index (κ1) is 24.5. The van der Waals surface area contributed by atoms with Crippen molar-refractivity contribution >= 4 is 23.2 Å². The lowest BCUT2D eigenvalue weighted by molar-refractivity contribution is -0.135. The fraction of sp³-hybridized carbons (Fsp3) is 0.333. The highest BCUT2D eigenvalue weighted by atomic mass is 16.2. The van der Waals surface area contributed by atoms with Crippen molar-refractivity contribution in [3.63, 3.8) is 0 Å². The lowest BCUT2D eigenvalue weighted by atomic mass is 9.85. The standard InChI is InChI=1S/C30H35N3O2/c1-30(2,3)26-11-7-8-12-27(26)31-25-17-19-33(20-18-25)29(35)21-28(34)32-24-15-13-23(14-16-24)22-9-5-4-6-10-22/h4-16,25,31H,17-21H2,1-3H3,(H,32,34). The molecule has 5 heteroatoms. The number of piperidine rings is 1. The number of hydrogen-bond donors (Lipinski definition) is 2. The van der Waals surface area contributed by atoms with Crippen molar-refractivity contribution < 1.29 is 9.59 Å². The highest BCUT2D eigenvalue weighted by molar-refractivity contribution is 6.03. The predicted octanol–water partition coefficient (Wildman–Crippen LogP) is 6.08. The summed E-state index contributed by atoms with van der Waals surface area (Å²) < 4.78 is 0. The summed E-state index contributed by atoms with van der Waals surface area (Å²) in [6.45, 7) is 7.98. The van der Waals surface area contributed by atoms with Crippen molar-refractivity contribution in [3.8, 4) is 11.1 Å². The van der Waals surface area contributed by atoms with E-state index in [0.29, 0.717) is 24.8 Å². The van der Waals surface area contributed by atoms with Crippen molar-refractivity contribution in [1.29, 1.82) is 0 Å². The number of nitrogens with one attached hydrogen (secondary N) is 2. The van der Waals surface area contributed by atoms with Gasteiger partial charge in [0, 0.05) is 30.5 Å². The van der Waals surface area contributed by atoms with Crippen LogP contribution >= 0.6 is 0 Å². The molecule has 0 aliphatic carbocycles. The summed E-state index contributed by atoms with van der Waals surface area (Å²) in [5, 5.41) is 6.54. The lowest BCUT2D eigenvalue weighted by Gasteiger charge is -2.34. The van der Waals surface area contributed by atoms with Gasteiger partial charge in [0.2, 0.25) is 11.8 Å². The van der Waals surface area contributed by atoms with Gasteiger partial charge in [0.25, 0.3) is 0 Å². The highest BCUT2D eigenvalue weighted by Gasteiger charge is 2.25. The van der Waals surface area contributed by atoms with Crippen LogP contribution in [0, 0.1) is 0 Å². The number of rotatable bonds is 6. The van der Waals surface area contributed by atoms with Crippen LogP contribution < -0.4 is 10.6 Å². The zero-order valence-electron chi connectivity index (χ0n) is 20.9. The van der Waals surface area contributed by atoms with Gasteiger partial charge in [-0.3, -0.25) is 9.59 Å². The van der Waals surface area contributed by atoms with Crippen LogP contribution in [0.1, 0.15) is 45.6 Å². The van der Waals surface area contributed by atoms with Gasteiger partial charge in [0.05, 0.1) is 0 Å². The van der Waals surface area contributed by atoms with Gasteiger partial charge >= 0.3 is 0 Å². The number of para-hydroxylation sites is 1. The summed E-state index contributed by atoms with van der Waals surface area (Å²) in [7, 11) is 0. The largest absolute Gasteiger partial charge is 0.382 e. The van der Waals surface area contributed by atoms with E-state index in [1.807, 2.05) is 59.5 Å². The fourth-order valence-electron chi connectivity index (χ4n) is 4.59. The maximum absolute atomic E-state index is 12.7. The Labute approximate surface area is 208 Å². The first-order valence-electron chi connectivity index (χ1n) is 12.4. The van der Waals surface area contributed by atoms with E-state index in [1.54, 1.807) is 0 Å². The Bertz CT molecular complexity index is 1140. The molecule has 0 atom stereocenters. The van der Waals surface area contributed by atoms with Crippen LogP contribution in [-0.2, 0) is 15.0 Å². The molecule has 4 rings (SSSR count). The highest BCUT2D eigenvalue weighted by Crippen LogP contribution is 2.30. The molecule has 2 N–H and O–H groups in total. The molecule has 0 radical (unpaired) electrons. The third-order valence-electron chi connectivity index (χ3n) is 6.53. The maximum atomic E-state index is 12.7. The number of anilines is 2. The summed E-state index contributed by atoms with van der Waals surface area (Å²) in [4.78, 5) is 27.0. The molecule has 0 saturated carbocycles. The molecule has 1 aliphatic rings. The first-order chi connectivity index (χ1) is 16.8. The number of amides is 2. The molecule has 182 valence electrons. The monoisotopic (exact) mass is 469 g/mol. The Morgan fingerprint density at radius 3 is 2.09 bits per heavy atom. The summed E-state index contributed by atoms with van der Waals surface area (Å²) in [6, 6.07) is 26.5. The van der Waals surface area contributed by atoms with Crippen LogP contribution in [0.3, 0.4) is 0 Å². The second-order valence-corrected chi connectivity index (χ2v) is 10.3. The van der Waals surface area contributed by atoms with E-state index < -0.39 is 0 Å². The second-order valence-electron chi connectivity index (χ2n) is 10.3. The molecule has 1 saturated heterocycles. The molecule has 3 aromatic rings. The van der Waals surface area contributed by atoms with E-state index in [4.69, 9.17) is 0 Å². The average molecular weight is 470 g/mol. The van der Waals surface area contributed by atoms with Crippen LogP contribution in [-0.4, -0.2) is 35.8 Å². The zero-order chi connectivity index (χ0) is 24.8. The van der Waals surface area contributed by atoms with Gasteiger partial charge in [-0.1, -0.05) is 81.4 Å². The Balaban J connectivity index is 1.25. The smallest absolute Gasteiger partial charge is 0.233 e. The zero-order valence-corrected chi connectivity index (χ0v) is 20.9. The van der Waals surface area contributed by atoms with Gasteiger partial charge in [-0.15, -0.1) is 0 Å². The average Bonchev–Trinajstić information content (AvgIpc) is 2.85. The van der Waals surface area contributed by atoms with Gasteiger partial charge in [0.1, 0.15) is 6.42 Å². The molecule has 0 spiro atoms. The third-order valence-corrected chi connectivity index (χ3v) is 6.53. The number of carbonyl (C=O) groups excluding carboxylic acids is 2. The van der Waals surface area contributed by atoms with Gasteiger partial charge in [-0.2, -0.15) is 0 Å². The molecule has 0 unspecified atom stereocenters. The summed E-state index contributed by atoms with van der Waals surface area (Å²) in [5.41, 5.74) is 5.44. The van der Waals surface area contributed by atoms with Crippen molar-refractivity contribution in [3.05, 3.63) is 84.4 Å². The number of likely N-dealkylation sites (tertiary alicyclic amines) is 1. The lowest BCUT2D eigenvalue weighted by Crippen LogP contribution is -2.43. The number of benzene rings is 3. The number of nitrogens with zero attached hydrogens (tertiary/aromatic N) is 1. The van der Waals surface area contributed by atoms with Crippen LogP contribution in [0.2, 0.25) is 0 Å².